The van der Waals surface area contributed by atoms with Crippen LogP contribution < -0.4 is 11.1 Å². The molecule has 3 rings (SSSR count). The first kappa shape index (κ1) is 10.0. The minimum absolute atomic E-state index is 0.0220. The zero-order valence-corrected chi connectivity index (χ0v) is 9.06. The highest BCUT2D eigenvalue weighted by Crippen LogP contribution is 2.30. The van der Waals surface area contributed by atoms with E-state index in [1.165, 1.54) is 0 Å². The van der Waals surface area contributed by atoms with Crippen LogP contribution in [0.4, 0.5) is 5.69 Å². The fourth-order valence-electron chi connectivity index (χ4n) is 2.01. The molecule has 1 amide bonds. The second-order valence-electron chi connectivity index (χ2n) is 3.98. The van der Waals surface area contributed by atoms with E-state index in [1.807, 2.05) is 18.2 Å². The molecule has 0 fully saturated rings. The molecule has 86 valence electrons. The number of carbonyl (C=O) groups is 1. The van der Waals surface area contributed by atoms with E-state index in [0.717, 1.165) is 22.4 Å². The largest absolute Gasteiger partial charge is 0.356 e. The van der Waals surface area contributed by atoms with Crippen molar-refractivity contribution in [2.75, 3.05) is 5.32 Å². The molecular formula is C12H11N3O2. The summed E-state index contributed by atoms with van der Waals surface area (Å²) >= 11 is 0. The van der Waals surface area contributed by atoms with Crippen LogP contribution in [-0.2, 0) is 17.8 Å². The summed E-state index contributed by atoms with van der Waals surface area (Å²) in [5, 5.41) is 6.53. The lowest BCUT2D eigenvalue weighted by atomic mass is 10.0. The predicted octanol–water partition coefficient (Wildman–Crippen LogP) is 1.29. The van der Waals surface area contributed by atoms with Gasteiger partial charge in [-0.05, 0) is 23.8 Å². The lowest BCUT2D eigenvalue weighted by molar-refractivity contribution is -0.115. The molecular weight excluding hydrogens is 218 g/mol. The number of hydrogen-bond acceptors (Lipinski definition) is 4. The van der Waals surface area contributed by atoms with E-state index in [9.17, 15) is 4.79 Å². The van der Waals surface area contributed by atoms with Crippen molar-refractivity contribution in [1.29, 1.82) is 0 Å². The van der Waals surface area contributed by atoms with Crippen molar-refractivity contribution in [2.24, 2.45) is 5.73 Å². The molecule has 1 aliphatic rings. The third kappa shape index (κ3) is 1.60. The number of amides is 1. The molecule has 0 radical (unpaired) electrons. The molecule has 2 heterocycles. The maximum Gasteiger partial charge on any atom is 0.228 e. The van der Waals surface area contributed by atoms with Gasteiger partial charge in [-0.1, -0.05) is 5.16 Å². The number of fused-ring (bicyclic) bond motifs is 1. The first-order valence-electron chi connectivity index (χ1n) is 5.34. The lowest BCUT2D eigenvalue weighted by Gasteiger charge is -2.02. The van der Waals surface area contributed by atoms with E-state index in [-0.39, 0.29) is 5.91 Å². The summed E-state index contributed by atoms with van der Waals surface area (Å²) in [4.78, 5) is 11.3. The van der Waals surface area contributed by atoms with Gasteiger partial charge in [-0.2, -0.15) is 0 Å². The first-order valence-corrected chi connectivity index (χ1v) is 5.34. The average molecular weight is 229 g/mol. The molecule has 3 N–H and O–H groups in total. The van der Waals surface area contributed by atoms with Gasteiger partial charge in [-0.3, -0.25) is 4.79 Å². The van der Waals surface area contributed by atoms with E-state index in [1.54, 1.807) is 6.20 Å². The Kier molecular flexibility index (Phi) is 2.19. The number of rotatable bonds is 2. The summed E-state index contributed by atoms with van der Waals surface area (Å²) < 4.78 is 5.19. The number of nitrogens with one attached hydrogen (secondary N) is 1. The number of nitrogens with zero attached hydrogens (tertiary/aromatic N) is 1. The molecule has 0 aliphatic carbocycles. The Balaban J connectivity index is 2.06. The van der Waals surface area contributed by atoms with Crippen LogP contribution >= 0.6 is 0 Å². The van der Waals surface area contributed by atoms with Gasteiger partial charge in [0.2, 0.25) is 5.91 Å². The SMILES string of the molecule is NCc1cnoc1-c1ccc2c(c1)CC(=O)N2. The Labute approximate surface area is 97.6 Å². The van der Waals surface area contributed by atoms with Gasteiger partial charge in [-0.15, -0.1) is 0 Å². The number of nitrogens with two attached hydrogens (primary N) is 1. The number of aromatic nitrogens is 1. The highest BCUT2D eigenvalue weighted by Gasteiger charge is 2.19. The Morgan fingerprint density at radius 2 is 2.35 bits per heavy atom. The van der Waals surface area contributed by atoms with Gasteiger partial charge in [-0.25, -0.2) is 0 Å². The molecule has 2 aromatic rings. The minimum atomic E-state index is 0.0220. The van der Waals surface area contributed by atoms with Crippen LogP contribution in [0.3, 0.4) is 0 Å². The van der Waals surface area contributed by atoms with E-state index >= 15 is 0 Å². The van der Waals surface area contributed by atoms with Crippen LogP contribution in [0.1, 0.15) is 11.1 Å². The highest BCUT2D eigenvalue weighted by molar-refractivity contribution is 5.99. The van der Waals surface area contributed by atoms with Gasteiger partial charge < -0.3 is 15.6 Å². The van der Waals surface area contributed by atoms with Gasteiger partial charge in [0.25, 0.3) is 0 Å². The van der Waals surface area contributed by atoms with Gasteiger partial charge in [0.1, 0.15) is 0 Å². The molecule has 1 aromatic carbocycles. The maximum atomic E-state index is 11.3. The van der Waals surface area contributed by atoms with Crippen molar-refractivity contribution < 1.29 is 9.32 Å². The van der Waals surface area contributed by atoms with E-state index in [2.05, 4.69) is 10.5 Å². The molecule has 17 heavy (non-hydrogen) atoms. The number of benzene rings is 1. The van der Waals surface area contributed by atoms with E-state index in [4.69, 9.17) is 10.3 Å². The van der Waals surface area contributed by atoms with Crippen molar-refractivity contribution in [3.63, 3.8) is 0 Å². The molecule has 0 unspecified atom stereocenters. The van der Waals surface area contributed by atoms with Crippen LogP contribution in [0, 0.1) is 0 Å². The fraction of sp³-hybridized carbons (Fsp3) is 0.167. The van der Waals surface area contributed by atoms with Crippen LogP contribution in [0.5, 0.6) is 0 Å². The van der Waals surface area contributed by atoms with Crippen molar-refractivity contribution >= 4 is 11.6 Å². The van der Waals surface area contributed by atoms with Gasteiger partial charge >= 0.3 is 0 Å². The zero-order chi connectivity index (χ0) is 11.8. The van der Waals surface area contributed by atoms with Crippen LogP contribution in [-0.4, -0.2) is 11.1 Å². The Morgan fingerprint density at radius 1 is 1.47 bits per heavy atom. The minimum Gasteiger partial charge on any atom is -0.356 e. The third-order valence-corrected chi connectivity index (χ3v) is 2.86. The molecule has 5 heteroatoms. The zero-order valence-electron chi connectivity index (χ0n) is 9.06. The van der Waals surface area contributed by atoms with Crippen LogP contribution in [0.15, 0.2) is 28.9 Å². The lowest BCUT2D eigenvalue weighted by Crippen LogP contribution is -2.03. The topological polar surface area (TPSA) is 81.2 Å². The fourth-order valence-corrected chi connectivity index (χ4v) is 2.01. The Hall–Kier alpha value is -2.14. The second-order valence-corrected chi connectivity index (χ2v) is 3.98. The molecule has 1 aromatic heterocycles. The molecule has 0 saturated heterocycles. The normalized spacial score (nSPS) is 13.6. The monoisotopic (exact) mass is 229 g/mol. The molecule has 0 spiro atoms. The van der Waals surface area contributed by atoms with Gasteiger partial charge in [0, 0.05) is 23.4 Å². The summed E-state index contributed by atoms with van der Waals surface area (Å²) in [5.74, 6) is 0.698. The van der Waals surface area contributed by atoms with Crippen molar-refractivity contribution in [3.8, 4) is 11.3 Å². The summed E-state index contributed by atoms with van der Waals surface area (Å²) in [5.41, 5.74) is 9.21. The summed E-state index contributed by atoms with van der Waals surface area (Å²) in [6.07, 6.45) is 2.03. The number of hydrogen-bond donors (Lipinski definition) is 2. The van der Waals surface area contributed by atoms with Gasteiger partial charge in [0.05, 0.1) is 12.6 Å². The van der Waals surface area contributed by atoms with Crippen molar-refractivity contribution in [3.05, 3.63) is 35.5 Å². The molecule has 0 atom stereocenters. The van der Waals surface area contributed by atoms with E-state index < -0.39 is 0 Å². The van der Waals surface area contributed by atoms with Crippen molar-refractivity contribution in [1.82, 2.24) is 5.16 Å². The van der Waals surface area contributed by atoms with Crippen LogP contribution in [0.25, 0.3) is 11.3 Å². The third-order valence-electron chi connectivity index (χ3n) is 2.86. The summed E-state index contributed by atoms with van der Waals surface area (Å²) in [6.45, 7) is 0.382. The average Bonchev–Trinajstić information content (AvgIpc) is 2.91. The van der Waals surface area contributed by atoms with Crippen LogP contribution in [0.2, 0.25) is 0 Å². The predicted molar refractivity (Wildman–Crippen MR) is 62.2 cm³/mol. The molecule has 1 aliphatic heterocycles. The van der Waals surface area contributed by atoms with Gasteiger partial charge in [0.15, 0.2) is 5.76 Å². The Bertz CT molecular complexity index is 589. The standard InChI is InChI=1S/C12H11N3O2/c13-5-9-6-14-17-12(9)7-1-2-10-8(3-7)4-11(16)15-10/h1-3,6H,4-5,13H2,(H,15,16). The van der Waals surface area contributed by atoms with E-state index in [0.29, 0.717) is 18.7 Å². The molecule has 0 saturated carbocycles. The highest BCUT2D eigenvalue weighted by atomic mass is 16.5. The first-order chi connectivity index (χ1) is 8.28. The molecule has 0 bridgehead atoms. The Morgan fingerprint density at radius 3 is 3.18 bits per heavy atom. The smallest absolute Gasteiger partial charge is 0.228 e. The van der Waals surface area contributed by atoms with Crippen molar-refractivity contribution in [2.45, 2.75) is 13.0 Å². The summed E-state index contributed by atoms with van der Waals surface area (Å²) in [6, 6.07) is 5.70. The number of carbonyl (C=O) groups excluding carboxylic acids is 1. The second kappa shape index (κ2) is 3.71. The quantitative estimate of drug-likeness (QED) is 0.813. The maximum absolute atomic E-state index is 11.3. The summed E-state index contributed by atoms with van der Waals surface area (Å²) in [7, 11) is 0. The number of anilines is 1. The molecule has 5 nitrogen and oxygen atoms in total.